The van der Waals surface area contributed by atoms with Gasteiger partial charge in [-0.1, -0.05) is 31.4 Å². The molecule has 21 heavy (non-hydrogen) atoms. The Kier molecular flexibility index (Phi) is 5.60. The molecule has 0 aromatic heterocycles. The van der Waals surface area contributed by atoms with Crippen molar-refractivity contribution in [3.63, 3.8) is 0 Å². The van der Waals surface area contributed by atoms with E-state index in [-0.39, 0.29) is 24.5 Å². The highest BCUT2D eigenvalue weighted by molar-refractivity contribution is 5.95. The lowest BCUT2D eigenvalue weighted by Gasteiger charge is -2.22. The van der Waals surface area contributed by atoms with Crippen LogP contribution in [0.5, 0.6) is 5.75 Å². The smallest absolute Gasteiger partial charge is 0.258 e. The highest BCUT2D eigenvalue weighted by atomic mass is 16.5. The fraction of sp³-hybridized carbons (Fsp3) is 0.500. The molecule has 1 aliphatic rings. The minimum atomic E-state index is -0.165. The number of para-hydroxylation sites is 1. The van der Waals surface area contributed by atoms with Crippen LogP contribution in [0.1, 0.15) is 37.7 Å². The molecule has 1 amide bonds. The summed E-state index contributed by atoms with van der Waals surface area (Å²) in [6.45, 7) is -0.132. The minimum Gasteiger partial charge on any atom is -0.496 e. The first-order chi connectivity index (χ1) is 10.2. The topological polar surface area (TPSA) is 71.4 Å². The van der Waals surface area contributed by atoms with Crippen molar-refractivity contribution in [1.29, 1.82) is 5.41 Å². The zero-order chi connectivity index (χ0) is 15.1. The van der Waals surface area contributed by atoms with E-state index >= 15 is 0 Å². The van der Waals surface area contributed by atoms with Crippen molar-refractivity contribution < 1.29 is 14.3 Å². The number of ether oxygens (including phenoxy) is 2. The average Bonchev–Trinajstić information content (AvgIpc) is 2.53. The van der Waals surface area contributed by atoms with Crippen LogP contribution in [-0.2, 0) is 9.53 Å². The first kappa shape index (κ1) is 15.4. The molecule has 2 rings (SSSR count). The summed E-state index contributed by atoms with van der Waals surface area (Å²) in [6.07, 6.45) is 5.67. The molecule has 2 N–H and O–H groups in total. The molecule has 0 heterocycles. The lowest BCUT2D eigenvalue weighted by molar-refractivity contribution is -0.124. The molecule has 0 radical (unpaired) electrons. The van der Waals surface area contributed by atoms with Crippen LogP contribution < -0.4 is 10.1 Å². The van der Waals surface area contributed by atoms with Gasteiger partial charge in [-0.3, -0.25) is 10.2 Å². The number of rotatable bonds is 5. The van der Waals surface area contributed by atoms with Gasteiger partial charge in [0, 0.05) is 6.04 Å². The van der Waals surface area contributed by atoms with Crippen molar-refractivity contribution in [2.45, 2.75) is 38.1 Å². The number of benzene rings is 1. The molecule has 5 heteroatoms. The molecule has 0 aliphatic heterocycles. The van der Waals surface area contributed by atoms with Crippen LogP contribution in [0.15, 0.2) is 24.3 Å². The van der Waals surface area contributed by atoms with Crippen molar-refractivity contribution >= 4 is 11.8 Å². The summed E-state index contributed by atoms with van der Waals surface area (Å²) >= 11 is 0. The predicted octanol–water partition coefficient (Wildman–Crippen LogP) is 2.49. The van der Waals surface area contributed by atoms with Crippen molar-refractivity contribution in [3.05, 3.63) is 29.8 Å². The van der Waals surface area contributed by atoms with E-state index in [1.165, 1.54) is 19.3 Å². The van der Waals surface area contributed by atoms with E-state index in [2.05, 4.69) is 5.32 Å². The second kappa shape index (κ2) is 7.67. The minimum absolute atomic E-state index is 0.0498. The van der Waals surface area contributed by atoms with Crippen molar-refractivity contribution in [1.82, 2.24) is 5.32 Å². The molecular formula is C16H22N2O3. The highest BCUT2D eigenvalue weighted by Gasteiger charge is 2.17. The van der Waals surface area contributed by atoms with Gasteiger partial charge in [0.25, 0.3) is 5.91 Å². The molecular weight excluding hydrogens is 268 g/mol. The van der Waals surface area contributed by atoms with Gasteiger partial charge in [-0.05, 0) is 25.0 Å². The van der Waals surface area contributed by atoms with Gasteiger partial charge < -0.3 is 14.8 Å². The van der Waals surface area contributed by atoms with E-state index in [0.717, 1.165) is 12.8 Å². The Hall–Kier alpha value is -2.04. The maximum Gasteiger partial charge on any atom is 0.258 e. The summed E-state index contributed by atoms with van der Waals surface area (Å²) in [6, 6.07) is 7.38. The Morgan fingerprint density at radius 1 is 1.29 bits per heavy atom. The molecule has 114 valence electrons. The molecule has 0 bridgehead atoms. The van der Waals surface area contributed by atoms with Crippen LogP contribution in [-0.4, -0.2) is 31.6 Å². The van der Waals surface area contributed by atoms with E-state index in [1.54, 1.807) is 25.3 Å². The Labute approximate surface area is 125 Å². The predicted molar refractivity (Wildman–Crippen MR) is 80.8 cm³/mol. The maximum atomic E-state index is 11.8. The molecule has 1 saturated carbocycles. The fourth-order valence-corrected chi connectivity index (χ4v) is 2.56. The highest BCUT2D eigenvalue weighted by Crippen LogP contribution is 2.19. The van der Waals surface area contributed by atoms with Gasteiger partial charge in [-0.2, -0.15) is 0 Å². The van der Waals surface area contributed by atoms with Crippen LogP contribution in [0.3, 0.4) is 0 Å². The van der Waals surface area contributed by atoms with Gasteiger partial charge >= 0.3 is 0 Å². The Morgan fingerprint density at radius 2 is 2.00 bits per heavy atom. The fourth-order valence-electron chi connectivity index (χ4n) is 2.56. The first-order valence-corrected chi connectivity index (χ1v) is 7.35. The van der Waals surface area contributed by atoms with Crippen LogP contribution in [0, 0.1) is 5.41 Å². The van der Waals surface area contributed by atoms with Gasteiger partial charge in [0.05, 0.1) is 12.7 Å². The number of carbonyl (C=O) groups is 1. The summed E-state index contributed by atoms with van der Waals surface area (Å²) in [5.41, 5.74) is 0.547. The number of hydrogen-bond acceptors (Lipinski definition) is 4. The van der Waals surface area contributed by atoms with Gasteiger partial charge in [-0.25, -0.2) is 0 Å². The zero-order valence-electron chi connectivity index (χ0n) is 12.4. The second-order valence-electron chi connectivity index (χ2n) is 5.22. The van der Waals surface area contributed by atoms with Crippen molar-refractivity contribution in [2.75, 3.05) is 13.7 Å². The van der Waals surface area contributed by atoms with E-state index in [1.807, 2.05) is 6.07 Å². The van der Waals surface area contributed by atoms with Crippen molar-refractivity contribution in [3.8, 4) is 5.75 Å². The van der Waals surface area contributed by atoms with Crippen LogP contribution in [0.4, 0.5) is 0 Å². The number of carbonyl (C=O) groups excluding carboxylic acids is 1. The molecule has 1 fully saturated rings. The van der Waals surface area contributed by atoms with Gasteiger partial charge in [-0.15, -0.1) is 0 Å². The van der Waals surface area contributed by atoms with Gasteiger partial charge in [0.15, 0.2) is 6.61 Å². The second-order valence-corrected chi connectivity index (χ2v) is 5.22. The largest absolute Gasteiger partial charge is 0.496 e. The van der Waals surface area contributed by atoms with Gasteiger partial charge in [0.1, 0.15) is 5.75 Å². The Morgan fingerprint density at radius 3 is 2.71 bits per heavy atom. The molecule has 1 aromatic rings. The maximum absolute atomic E-state index is 11.8. The SMILES string of the molecule is COc1ccccc1C(=N)OCC(=O)NC1CCCCC1. The molecule has 0 atom stereocenters. The summed E-state index contributed by atoms with van der Waals surface area (Å²) in [5.74, 6) is 0.350. The number of hydrogen-bond donors (Lipinski definition) is 2. The standard InChI is InChI=1S/C16H22N2O3/c1-20-14-10-6-5-9-13(14)16(17)21-11-15(19)18-12-7-3-2-4-8-12/h5-6,9-10,12,17H,2-4,7-8,11H2,1H3,(H,18,19). The summed E-state index contributed by atoms with van der Waals surface area (Å²) in [5, 5.41) is 10.9. The molecule has 0 unspecified atom stereocenters. The lowest BCUT2D eigenvalue weighted by Crippen LogP contribution is -2.38. The third-order valence-electron chi connectivity index (χ3n) is 3.67. The monoisotopic (exact) mass is 290 g/mol. The van der Waals surface area contributed by atoms with Gasteiger partial charge in [0.2, 0.25) is 5.90 Å². The average molecular weight is 290 g/mol. The van der Waals surface area contributed by atoms with E-state index in [9.17, 15) is 4.79 Å². The van der Waals surface area contributed by atoms with E-state index in [4.69, 9.17) is 14.9 Å². The summed E-state index contributed by atoms with van der Waals surface area (Å²) in [7, 11) is 1.54. The number of amides is 1. The van der Waals surface area contributed by atoms with Crippen molar-refractivity contribution in [2.24, 2.45) is 0 Å². The van der Waals surface area contributed by atoms with Crippen LogP contribution in [0.2, 0.25) is 0 Å². The number of nitrogens with one attached hydrogen (secondary N) is 2. The molecule has 1 aliphatic carbocycles. The quantitative estimate of drug-likeness (QED) is 0.646. The normalized spacial score (nSPS) is 15.3. The van der Waals surface area contributed by atoms with E-state index in [0.29, 0.717) is 11.3 Å². The molecule has 0 saturated heterocycles. The molecule has 1 aromatic carbocycles. The zero-order valence-corrected chi connectivity index (χ0v) is 12.4. The third kappa shape index (κ3) is 4.48. The third-order valence-corrected chi connectivity index (χ3v) is 3.67. The van der Waals surface area contributed by atoms with Crippen LogP contribution in [0.25, 0.3) is 0 Å². The molecule has 0 spiro atoms. The Bertz CT molecular complexity index is 496. The van der Waals surface area contributed by atoms with Crippen LogP contribution >= 0.6 is 0 Å². The first-order valence-electron chi connectivity index (χ1n) is 7.35. The van der Waals surface area contributed by atoms with E-state index < -0.39 is 0 Å². The summed E-state index contributed by atoms with van der Waals surface area (Å²) < 4.78 is 10.4. The molecule has 5 nitrogen and oxygen atoms in total. The lowest BCUT2D eigenvalue weighted by atomic mass is 9.95. The summed E-state index contributed by atoms with van der Waals surface area (Å²) in [4.78, 5) is 11.8. The Balaban J connectivity index is 1.81. The number of methoxy groups -OCH3 is 1.